The van der Waals surface area contributed by atoms with Gasteiger partial charge < -0.3 is 0 Å². The van der Waals surface area contributed by atoms with E-state index < -0.39 is 0 Å². The Morgan fingerprint density at radius 3 is 2.67 bits per heavy atom. The second-order valence-corrected chi connectivity index (χ2v) is 6.06. The number of hydrogen-bond donors (Lipinski definition) is 0. The van der Waals surface area contributed by atoms with Crippen LogP contribution in [0.4, 0.5) is 0 Å². The van der Waals surface area contributed by atoms with Crippen molar-refractivity contribution >= 4 is 40.0 Å². The number of carbonyl (C=O) groups excluding carboxylic acids is 1. The van der Waals surface area contributed by atoms with Gasteiger partial charge in [0.15, 0.2) is 5.78 Å². The van der Waals surface area contributed by atoms with Crippen molar-refractivity contribution in [2.24, 2.45) is 0 Å². The van der Waals surface area contributed by atoms with Crippen LogP contribution < -0.4 is 0 Å². The number of nitrogens with zero attached hydrogens (tertiary/aromatic N) is 2. The lowest BCUT2D eigenvalue weighted by Crippen LogP contribution is -2.02. The van der Waals surface area contributed by atoms with Crippen molar-refractivity contribution in [3.05, 3.63) is 80.6 Å². The highest BCUT2D eigenvalue weighted by atomic mass is 127. The van der Waals surface area contributed by atoms with E-state index in [1.54, 1.807) is 29.2 Å². The van der Waals surface area contributed by atoms with Crippen LogP contribution in [0.5, 0.6) is 0 Å². The molecule has 0 bridgehead atoms. The highest BCUT2D eigenvalue weighted by molar-refractivity contribution is 14.1. The first-order valence-electron chi connectivity index (χ1n) is 6.25. The number of hydrogen-bond acceptors (Lipinski definition) is 2. The van der Waals surface area contributed by atoms with Crippen LogP contribution in [-0.4, -0.2) is 15.6 Å². The summed E-state index contributed by atoms with van der Waals surface area (Å²) in [7, 11) is 0. The third-order valence-corrected chi connectivity index (χ3v) is 4.21. The molecule has 1 heterocycles. The number of aromatic nitrogens is 2. The van der Waals surface area contributed by atoms with Gasteiger partial charge in [0, 0.05) is 20.4 Å². The molecule has 0 radical (unpaired) electrons. The fraction of sp³-hybridized carbons (Fsp3) is 0. The molecule has 0 saturated carbocycles. The molecule has 0 aliphatic carbocycles. The first kappa shape index (κ1) is 14.3. The molecular weight excluding hydrogens is 399 g/mol. The fourth-order valence-electron chi connectivity index (χ4n) is 1.99. The predicted molar refractivity (Wildman–Crippen MR) is 91.2 cm³/mol. The van der Waals surface area contributed by atoms with E-state index in [-0.39, 0.29) is 5.78 Å². The summed E-state index contributed by atoms with van der Waals surface area (Å²) in [6.07, 6.45) is 3.31. The SMILES string of the molecule is O=C(c1cnn(-c2ccccc2)c1)c1cc(Cl)ccc1I. The monoisotopic (exact) mass is 408 g/mol. The average molecular weight is 409 g/mol. The van der Waals surface area contributed by atoms with Crippen LogP contribution in [0, 0.1) is 3.57 Å². The first-order valence-corrected chi connectivity index (χ1v) is 7.70. The first-order chi connectivity index (χ1) is 10.1. The van der Waals surface area contributed by atoms with E-state index in [1.807, 2.05) is 36.4 Å². The van der Waals surface area contributed by atoms with Crippen molar-refractivity contribution in [2.75, 3.05) is 0 Å². The third-order valence-electron chi connectivity index (χ3n) is 3.04. The summed E-state index contributed by atoms with van der Waals surface area (Å²) < 4.78 is 2.56. The maximum Gasteiger partial charge on any atom is 0.197 e. The number of para-hydroxylation sites is 1. The minimum atomic E-state index is -0.0796. The smallest absolute Gasteiger partial charge is 0.197 e. The Labute approximate surface area is 140 Å². The van der Waals surface area contributed by atoms with E-state index in [0.717, 1.165) is 9.26 Å². The molecule has 2 aromatic carbocycles. The molecule has 0 unspecified atom stereocenters. The van der Waals surface area contributed by atoms with E-state index in [0.29, 0.717) is 16.1 Å². The number of carbonyl (C=O) groups is 1. The van der Waals surface area contributed by atoms with Crippen molar-refractivity contribution < 1.29 is 4.79 Å². The summed E-state index contributed by atoms with van der Waals surface area (Å²) in [5.74, 6) is -0.0796. The van der Waals surface area contributed by atoms with Gasteiger partial charge in [-0.05, 0) is 52.9 Å². The van der Waals surface area contributed by atoms with Crippen molar-refractivity contribution in [3.63, 3.8) is 0 Å². The molecule has 1 aromatic heterocycles. The summed E-state index contributed by atoms with van der Waals surface area (Å²) in [5.41, 5.74) is 2.05. The maximum atomic E-state index is 12.5. The van der Waals surface area contributed by atoms with Crippen LogP contribution in [-0.2, 0) is 0 Å². The van der Waals surface area contributed by atoms with Crippen LogP contribution in [0.1, 0.15) is 15.9 Å². The van der Waals surface area contributed by atoms with Gasteiger partial charge in [-0.15, -0.1) is 0 Å². The maximum absolute atomic E-state index is 12.5. The second kappa shape index (κ2) is 5.99. The van der Waals surface area contributed by atoms with Crippen LogP contribution in [0.3, 0.4) is 0 Å². The average Bonchev–Trinajstić information content (AvgIpc) is 3.00. The van der Waals surface area contributed by atoms with Crippen molar-refractivity contribution in [3.8, 4) is 5.69 Å². The van der Waals surface area contributed by atoms with Crippen LogP contribution in [0.25, 0.3) is 5.69 Å². The van der Waals surface area contributed by atoms with Crippen LogP contribution >= 0.6 is 34.2 Å². The molecule has 5 heteroatoms. The van der Waals surface area contributed by atoms with E-state index in [4.69, 9.17) is 11.6 Å². The van der Waals surface area contributed by atoms with E-state index in [1.165, 1.54) is 0 Å². The van der Waals surface area contributed by atoms with Crippen LogP contribution in [0.2, 0.25) is 5.02 Å². The summed E-state index contributed by atoms with van der Waals surface area (Å²) in [6, 6.07) is 15.0. The van der Waals surface area contributed by atoms with Crippen LogP contribution in [0.15, 0.2) is 60.9 Å². The highest BCUT2D eigenvalue weighted by Gasteiger charge is 2.15. The molecule has 0 N–H and O–H groups in total. The molecule has 0 aliphatic rings. The summed E-state index contributed by atoms with van der Waals surface area (Å²) in [5, 5.41) is 4.80. The quantitative estimate of drug-likeness (QED) is 0.477. The molecule has 0 saturated heterocycles. The van der Waals surface area contributed by atoms with E-state index >= 15 is 0 Å². The number of halogens is 2. The molecule has 0 spiro atoms. The van der Waals surface area contributed by atoms with Gasteiger partial charge in [-0.1, -0.05) is 29.8 Å². The van der Waals surface area contributed by atoms with Crippen molar-refractivity contribution in [1.82, 2.24) is 9.78 Å². The predicted octanol–water partition coefficient (Wildman–Crippen LogP) is 4.36. The Morgan fingerprint density at radius 2 is 1.90 bits per heavy atom. The van der Waals surface area contributed by atoms with E-state index in [2.05, 4.69) is 27.7 Å². The summed E-state index contributed by atoms with van der Waals surface area (Å²) in [4.78, 5) is 12.5. The lowest BCUT2D eigenvalue weighted by Gasteiger charge is -2.02. The molecule has 0 atom stereocenters. The number of ketones is 1. The Kier molecular flexibility index (Phi) is 4.07. The molecule has 3 rings (SSSR count). The molecule has 0 fully saturated rings. The largest absolute Gasteiger partial charge is 0.288 e. The van der Waals surface area contributed by atoms with Gasteiger partial charge in [-0.2, -0.15) is 5.10 Å². The zero-order valence-electron chi connectivity index (χ0n) is 10.8. The van der Waals surface area contributed by atoms with Gasteiger partial charge in [0.05, 0.1) is 17.4 Å². The summed E-state index contributed by atoms with van der Waals surface area (Å²) in [6.45, 7) is 0. The third kappa shape index (κ3) is 3.01. The normalized spacial score (nSPS) is 10.6. The van der Waals surface area contributed by atoms with Crippen molar-refractivity contribution in [1.29, 1.82) is 0 Å². The molecule has 0 aliphatic heterocycles. The van der Waals surface area contributed by atoms with Gasteiger partial charge in [-0.25, -0.2) is 4.68 Å². The molecular formula is C16H10ClIN2O. The van der Waals surface area contributed by atoms with Crippen molar-refractivity contribution in [2.45, 2.75) is 0 Å². The van der Waals surface area contributed by atoms with Gasteiger partial charge in [0.2, 0.25) is 0 Å². The van der Waals surface area contributed by atoms with E-state index in [9.17, 15) is 4.79 Å². The van der Waals surface area contributed by atoms with Gasteiger partial charge in [0.1, 0.15) is 0 Å². The molecule has 104 valence electrons. The number of rotatable bonds is 3. The van der Waals surface area contributed by atoms with Gasteiger partial charge in [-0.3, -0.25) is 4.79 Å². The zero-order valence-corrected chi connectivity index (χ0v) is 13.7. The minimum Gasteiger partial charge on any atom is -0.288 e. The summed E-state index contributed by atoms with van der Waals surface area (Å²) >= 11 is 8.10. The zero-order chi connectivity index (χ0) is 14.8. The molecule has 21 heavy (non-hydrogen) atoms. The minimum absolute atomic E-state index is 0.0796. The van der Waals surface area contributed by atoms with Gasteiger partial charge >= 0.3 is 0 Å². The Bertz CT molecular complexity index is 799. The fourth-order valence-corrected chi connectivity index (χ4v) is 2.74. The Balaban J connectivity index is 1.96. The molecule has 3 nitrogen and oxygen atoms in total. The van der Waals surface area contributed by atoms with Gasteiger partial charge in [0.25, 0.3) is 0 Å². The topological polar surface area (TPSA) is 34.9 Å². The lowest BCUT2D eigenvalue weighted by molar-refractivity contribution is 0.103. The second-order valence-electron chi connectivity index (χ2n) is 4.46. The number of benzene rings is 2. The molecule has 3 aromatic rings. The molecule has 0 amide bonds. The Morgan fingerprint density at radius 1 is 1.14 bits per heavy atom. The lowest BCUT2D eigenvalue weighted by atomic mass is 10.1. The Hall–Kier alpha value is -1.66. The highest BCUT2D eigenvalue weighted by Crippen LogP contribution is 2.21. The standard InChI is InChI=1S/C16H10ClIN2O/c17-12-6-7-15(18)14(8-12)16(21)11-9-19-20(10-11)13-4-2-1-3-5-13/h1-10H.